The van der Waals surface area contributed by atoms with Crippen LogP contribution < -0.4 is 4.74 Å². The number of amides is 1. The van der Waals surface area contributed by atoms with Crippen molar-refractivity contribution in [1.29, 1.82) is 0 Å². The maximum Gasteiger partial charge on any atom is 0.434 e. The molecular weight excluding hydrogens is 543 g/mol. The smallest absolute Gasteiger partial charge is 0.434 e. The maximum atomic E-state index is 13.2. The SMILES string of the molecule is O=C(OC(C(F)(F)F)C(F)(F)F)N1CCN(Cc2ccc(C(F)(F)F)cc2OC2CCCC2)CC1.O=CO. The van der Waals surface area contributed by atoms with Crippen LogP contribution in [0.2, 0.25) is 0 Å². The first kappa shape index (κ1) is 31.3. The van der Waals surface area contributed by atoms with Crippen LogP contribution in [0.4, 0.5) is 44.3 Å². The van der Waals surface area contributed by atoms with Crippen molar-refractivity contribution in [3.63, 3.8) is 0 Å². The number of ether oxygens (including phenoxy) is 2. The molecule has 216 valence electrons. The van der Waals surface area contributed by atoms with E-state index in [0.717, 1.165) is 29.9 Å². The number of halogens is 9. The minimum Gasteiger partial charge on any atom is -0.490 e. The Labute approximate surface area is 211 Å². The van der Waals surface area contributed by atoms with Crippen molar-refractivity contribution < 1.29 is 63.7 Å². The summed E-state index contributed by atoms with van der Waals surface area (Å²) in [4.78, 5) is 22.7. The van der Waals surface area contributed by atoms with Gasteiger partial charge in [0.05, 0.1) is 11.7 Å². The van der Waals surface area contributed by atoms with Crippen molar-refractivity contribution >= 4 is 12.6 Å². The van der Waals surface area contributed by atoms with E-state index >= 15 is 0 Å². The lowest BCUT2D eigenvalue weighted by molar-refractivity contribution is -0.308. The van der Waals surface area contributed by atoms with Gasteiger partial charge in [-0.3, -0.25) is 9.69 Å². The van der Waals surface area contributed by atoms with Gasteiger partial charge >= 0.3 is 24.6 Å². The van der Waals surface area contributed by atoms with Gasteiger partial charge in [-0.1, -0.05) is 6.07 Å². The van der Waals surface area contributed by atoms with Crippen molar-refractivity contribution in [3.05, 3.63) is 29.3 Å². The summed E-state index contributed by atoms with van der Waals surface area (Å²) in [6.07, 6.45) is -19.1. The van der Waals surface area contributed by atoms with Crippen LogP contribution in [0.3, 0.4) is 0 Å². The van der Waals surface area contributed by atoms with Crippen LogP contribution in [0.1, 0.15) is 36.8 Å². The average molecular weight is 568 g/mol. The van der Waals surface area contributed by atoms with Crippen LogP contribution in [0.5, 0.6) is 5.75 Å². The molecule has 0 radical (unpaired) electrons. The largest absolute Gasteiger partial charge is 0.490 e. The number of alkyl halides is 9. The van der Waals surface area contributed by atoms with Crippen molar-refractivity contribution in [1.82, 2.24) is 9.80 Å². The van der Waals surface area contributed by atoms with E-state index in [1.807, 2.05) is 0 Å². The molecule has 1 N–H and O–H groups in total. The normalized spacial score (nSPS) is 17.7. The lowest BCUT2D eigenvalue weighted by Crippen LogP contribution is -2.52. The lowest BCUT2D eigenvalue weighted by Gasteiger charge is -2.35. The maximum absolute atomic E-state index is 13.2. The van der Waals surface area contributed by atoms with Gasteiger partial charge in [0.25, 0.3) is 12.6 Å². The molecule has 3 rings (SSSR count). The van der Waals surface area contributed by atoms with Gasteiger partial charge in [-0.05, 0) is 37.8 Å². The molecule has 0 atom stereocenters. The van der Waals surface area contributed by atoms with Crippen molar-refractivity contribution in [2.45, 2.75) is 63.0 Å². The molecule has 1 aromatic carbocycles. The van der Waals surface area contributed by atoms with Crippen LogP contribution in [0.15, 0.2) is 18.2 Å². The second-order valence-electron chi connectivity index (χ2n) is 8.56. The summed E-state index contributed by atoms with van der Waals surface area (Å²) < 4.78 is 125. The highest BCUT2D eigenvalue weighted by Crippen LogP contribution is 2.37. The van der Waals surface area contributed by atoms with Gasteiger partial charge in [0.1, 0.15) is 5.75 Å². The summed E-state index contributed by atoms with van der Waals surface area (Å²) in [5, 5.41) is 6.89. The number of nitrogens with zero attached hydrogens (tertiary/aromatic N) is 2. The molecule has 38 heavy (non-hydrogen) atoms. The van der Waals surface area contributed by atoms with E-state index in [2.05, 4.69) is 4.74 Å². The highest BCUT2D eigenvalue weighted by molar-refractivity contribution is 5.68. The fraction of sp³-hybridized carbons (Fsp3) is 0.636. The third kappa shape index (κ3) is 9.13. The van der Waals surface area contributed by atoms with Crippen LogP contribution >= 0.6 is 0 Å². The lowest BCUT2D eigenvalue weighted by atomic mass is 10.1. The number of hydrogen-bond donors (Lipinski definition) is 1. The number of piperazine rings is 1. The molecule has 7 nitrogen and oxygen atoms in total. The zero-order valence-electron chi connectivity index (χ0n) is 19.7. The predicted octanol–water partition coefficient (Wildman–Crippen LogP) is 5.48. The van der Waals surface area contributed by atoms with Gasteiger partial charge in [0.2, 0.25) is 0 Å². The number of carbonyl (C=O) groups is 2. The van der Waals surface area contributed by atoms with Crippen LogP contribution in [-0.2, 0) is 22.3 Å². The minimum absolute atomic E-state index is 0.0572. The predicted molar refractivity (Wildman–Crippen MR) is 112 cm³/mol. The fourth-order valence-electron chi connectivity index (χ4n) is 3.98. The quantitative estimate of drug-likeness (QED) is 0.375. The topological polar surface area (TPSA) is 79.3 Å². The standard InChI is InChI=1S/C21H23F9N2O3.CH2O2/c22-19(23,24)14-6-5-13(16(11-14)34-15-3-1-2-4-15)12-31-7-9-32(10-8-31)18(33)35-17(20(25,26)27)21(28,29)30;2-1-3/h5-6,11,15,17H,1-4,7-10,12H2;1H,(H,2,3). The average Bonchev–Trinajstić information content (AvgIpc) is 3.30. The second kappa shape index (κ2) is 12.8. The molecule has 1 heterocycles. The third-order valence-electron chi connectivity index (χ3n) is 5.83. The van der Waals surface area contributed by atoms with Gasteiger partial charge in [0, 0.05) is 38.3 Å². The Morgan fingerprint density at radius 2 is 1.50 bits per heavy atom. The first-order valence-electron chi connectivity index (χ1n) is 11.3. The van der Waals surface area contributed by atoms with E-state index < -0.39 is 36.3 Å². The Bertz CT molecular complexity index is 909. The Hall–Kier alpha value is -2.91. The molecule has 0 spiro atoms. The number of benzene rings is 1. The Balaban J connectivity index is 0.00000161. The van der Waals surface area contributed by atoms with E-state index in [9.17, 15) is 44.3 Å². The molecule has 1 aliphatic heterocycles. The second-order valence-corrected chi connectivity index (χ2v) is 8.56. The fourth-order valence-corrected chi connectivity index (χ4v) is 3.98. The minimum atomic E-state index is -5.81. The van der Waals surface area contributed by atoms with E-state index in [0.29, 0.717) is 18.4 Å². The molecule has 1 aliphatic carbocycles. The van der Waals surface area contributed by atoms with E-state index in [4.69, 9.17) is 14.6 Å². The molecular formula is C22H25F9N2O5. The molecule has 0 bridgehead atoms. The summed E-state index contributed by atoms with van der Waals surface area (Å²) in [5.41, 5.74) is -0.416. The van der Waals surface area contributed by atoms with Crippen molar-refractivity contribution in [2.75, 3.05) is 26.2 Å². The molecule has 1 saturated carbocycles. The summed E-state index contributed by atoms with van der Waals surface area (Å²) in [7, 11) is 0. The molecule has 2 aliphatic rings. The third-order valence-corrected chi connectivity index (χ3v) is 5.83. The van der Waals surface area contributed by atoms with Crippen molar-refractivity contribution in [3.8, 4) is 5.75 Å². The van der Waals surface area contributed by atoms with E-state index in [1.165, 1.54) is 6.07 Å². The number of hydrogen-bond acceptors (Lipinski definition) is 5. The molecule has 1 saturated heterocycles. The first-order chi connectivity index (χ1) is 17.6. The Kier molecular flexibility index (Phi) is 10.5. The monoisotopic (exact) mass is 568 g/mol. The van der Waals surface area contributed by atoms with Gasteiger partial charge in [-0.2, -0.15) is 39.5 Å². The Morgan fingerprint density at radius 3 is 1.97 bits per heavy atom. The zero-order valence-corrected chi connectivity index (χ0v) is 19.7. The summed E-state index contributed by atoms with van der Waals surface area (Å²) in [6.45, 7) is -0.457. The first-order valence-corrected chi connectivity index (χ1v) is 11.3. The van der Waals surface area contributed by atoms with Crippen LogP contribution in [-0.4, -0.2) is 78.2 Å². The molecule has 1 aromatic rings. The summed E-state index contributed by atoms with van der Waals surface area (Å²) in [5.74, 6) is 0.0757. The number of carboxylic acid groups (broad SMARTS) is 1. The van der Waals surface area contributed by atoms with Crippen LogP contribution in [0.25, 0.3) is 0 Å². The highest BCUT2D eigenvalue weighted by Gasteiger charge is 2.60. The number of rotatable bonds is 5. The molecule has 0 aromatic heterocycles. The number of carbonyl (C=O) groups excluding carboxylic acids is 1. The molecule has 0 unspecified atom stereocenters. The van der Waals surface area contributed by atoms with Crippen molar-refractivity contribution in [2.24, 2.45) is 0 Å². The molecule has 1 amide bonds. The highest BCUT2D eigenvalue weighted by atomic mass is 19.4. The van der Waals surface area contributed by atoms with E-state index in [-0.39, 0.29) is 51.0 Å². The Morgan fingerprint density at radius 1 is 0.974 bits per heavy atom. The summed E-state index contributed by atoms with van der Waals surface area (Å²) in [6, 6.07) is 3.12. The van der Waals surface area contributed by atoms with Gasteiger partial charge in [-0.25, -0.2) is 4.79 Å². The van der Waals surface area contributed by atoms with Gasteiger partial charge in [-0.15, -0.1) is 0 Å². The zero-order chi connectivity index (χ0) is 28.7. The van der Waals surface area contributed by atoms with Crippen LogP contribution in [0, 0.1) is 0 Å². The molecule has 16 heteroatoms. The molecule has 2 fully saturated rings. The van der Waals surface area contributed by atoms with Gasteiger partial charge in [0.15, 0.2) is 0 Å². The summed E-state index contributed by atoms with van der Waals surface area (Å²) >= 11 is 0. The van der Waals surface area contributed by atoms with E-state index in [1.54, 1.807) is 4.90 Å². The van der Waals surface area contributed by atoms with Gasteiger partial charge < -0.3 is 19.5 Å².